The van der Waals surface area contributed by atoms with Crippen molar-refractivity contribution < 1.29 is 18.4 Å². The van der Waals surface area contributed by atoms with E-state index in [-0.39, 0.29) is 23.3 Å². The lowest BCUT2D eigenvalue weighted by molar-refractivity contribution is -0.116. The fourth-order valence-corrected chi connectivity index (χ4v) is 4.27. The molecular weight excluding hydrogens is 382 g/mol. The summed E-state index contributed by atoms with van der Waals surface area (Å²) in [6.45, 7) is 2.09. The Morgan fingerprint density at radius 1 is 1.18 bits per heavy atom. The van der Waals surface area contributed by atoms with Crippen molar-refractivity contribution in [1.29, 1.82) is 0 Å². The topological polar surface area (TPSA) is 49.4 Å². The number of thioether (sulfide) groups is 1. The second-order valence-corrected chi connectivity index (χ2v) is 7.72. The van der Waals surface area contributed by atoms with Crippen LogP contribution in [0.1, 0.15) is 43.5 Å². The minimum Gasteiger partial charge on any atom is -0.326 e. The molecule has 1 N–H and O–H groups in total. The smallest absolute Gasteiger partial charge is 0.238 e. The van der Waals surface area contributed by atoms with Gasteiger partial charge in [0.15, 0.2) is 0 Å². The zero-order chi connectivity index (χ0) is 20.1. The Bertz CT molecular complexity index is 858. The standard InChI is InChI=1S/C21H22F2N2O2S/c1-2-3-4-5-19(26)24-16-9-6-14(7-10-16)21-25(20(27)13-28-21)18-11-8-15(22)12-17(18)23/h6-12,21H,2-5,13H2,1H3,(H,24,26)/t21-/m0/s1. The summed E-state index contributed by atoms with van der Waals surface area (Å²) >= 11 is 1.38. The van der Waals surface area contributed by atoms with Gasteiger partial charge in [-0.25, -0.2) is 8.78 Å². The first kappa shape index (κ1) is 20.3. The molecule has 0 unspecified atom stereocenters. The summed E-state index contributed by atoms with van der Waals surface area (Å²) in [4.78, 5) is 25.6. The van der Waals surface area contributed by atoms with E-state index in [1.54, 1.807) is 12.1 Å². The monoisotopic (exact) mass is 404 g/mol. The van der Waals surface area contributed by atoms with Gasteiger partial charge in [-0.3, -0.25) is 14.5 Å². The molecule has 3 rings (SSSR count). The highest BCUT2D eigenvalue weighted by molar-refractivity contribution is 8.00. The minimum absolute atomic E-state index is 0.0263. The summed E-state index contributed by atoms with van der Waals surface area (Å²) in [5, 5.41) is 2.46. The maximum atomic E-state index is 14.2. The molecule has 1 fully saturated rings. The number of carbonyl (C=O) groups is 2. The Balaban J connectivity index is 1.73. The van der Waals surface area contributed by atoms with Crippen LogP contribution in [0.25, 0.3) is 0 Å². The molecule has 148 valence electrons. The van der Waals surface area contributed by atoms with Gasteiger partial charge in [-0.15, -0.1) is 11.8 Å². The fourth-order valence-electron chi connectivity index (χ4n) is 3.10. The molecule has 1 aliphatic heterocycles. The van der Waals surface area contributed by atoms with Gasteiger partial charge in [0, 0.05) is 18.2 Å². The van der Waals surface area contributed by atoms with Crippen molar-refractivity contribution in [1.82, 2.24) is 0 Å². The van der Waals surface area contributed by atoms with E-state index in [0.29, 0.717) is 12.1 Å². The number of amides is 2. The minimum atomic E-state index is -0.767. The van der Waals surface area contributed by atoms with Gasteiger partial charge in [-0.05, 0) is 36.2 Å². The van der Waals surface area contributed by atoms with E-state index in [2.05, 4.69) is 12.2 Å². The number of carbonyl (C=O) groups excluding carboxylic acids is 2. The lowest BCUT2D eigenvalue weighted by Gasteiger charge is -2.25. The normalized spacial score (nSPS) is 16.5. The number of benzene rings is 2. The van der Waals surface area contributed by atoms with E-state index in [0.717, 1.165) is 37.0 Å². The predicted molar refractivity (Wildman–Crippen MR) is 108 cm³/mol. The second-order valence-electron chi connectivity index (χ2n) is 6.65. The largest absolute Gasteiger partial charge is 0.326 e. The van der Waals surface area contributed by atoms with Crippen molar-refractivity contribution in [3.63, 3.8) is 0 Å². The van der Waals surface area contributed by atoms with Gasteiger partial charge in [-0.1, -0.05) is 31.9 Å². The van der Waals surface area contributed by atoms with Crippen LogP contribution in [0.2, 0.25) is 0 Å². The van der Waals surface area contributed by atoms with Crippen LogP contribution in [0.15, 0.2) is 42.5 Å². The van der Waals surface area contributed by atoms with Crippen LogP contribution in [0, 0.1) is 11.6 Å². The Morgan fingerprint density at radius 3 is 2.61 bits per heavy atom. The van der Waals surface area contributed by atoms with E-state index < -0.39 is 17.0 Å². The van der Waals surface area contributed by atoms with E-state index >= 15 is 0 Å². The van der Waals surface area contributed by atoms with Crippen molar-refractivity contribution in [3.05, 3.63) is 59.7 Å². The first-order valence-corrected chi connectivity index (χ1v) is 10.3. The van der Waals surface area contributed by atoms with Crippen LogP contribution in [0.3, 0.4) is 0 Å². The molecule has 0 spiro atoms. The van der Waals surface area contributed by atoms with Gasteiger partial charge >= 0.3 is 0 Å². The van der Waals surface area contributed by atoms with Crippen molar-refractivity contribution in [2.45, 2.75) is 38.0 Å². The van der Waals surface area contributed by atoms with Crippen LogP contribution in [-0.2, 0) is 9.59 Å². The number of nitrogens with zero attached hydrogens (tertiary/aromatic N) is 1. The van der Waals surface area contributed by atoms with Crippen molar-refractivity contribution in [2.24, 2.45) is 0 Å². The molecule has 4 nitrogen and oxygen atoms in total. The molecule has 28 heavy (non-hydrogen) atoms. The van der Waals surface area contributed by atoms with E-state index in [1.165, 1.54) is 22.7 Å². The molecule has 0 aliphatic carbocycles. The summed E-state index contributed by atoms with van der Waals surface area (Å²) < 4.78 is 27.4. The number of anilines is 2. The molecule has 2 amide bonds. The van der Waals surface area contributed by atoms with Gasteiger partial charge in [0.1, 0.15) is 17.0 Å². The number of unbranched alkanes of at least 4 members (excludes halogenated alkanes) is 2. The van der Waals surface area contributed by atoms with Gasteiger partial charge in [-0.2, -0.15) is 0 Å². The van der Waals surface area contributed by atoms with Crippen molar-refractivity contribution >= 4 is 35.0 Å². The number of hydrogen-bond acceptors (Lipinski definition) is 3. The third-order valence-corrected chi connectivity index (χ3v) is 5.74. The van der Waals surface area contributed by atoms with E-state index in [9.17, 15) is 18.4 Å². The molecular formula is C21H22F2N2O2S. The Morgan fingerprint density at radius 2 is 1.93 bits per heavy atom. The molecule has 7 heteroatoms. The summed E-state index contributed by atoms with van der Waals surface area (Å²) in [6, 6.07) is 10.4. The quantitative estimate of drug-likeness (QED) is 0.640. The van der Waals surface area contributed by atoms with E-state index in [4.69, 9.17) is 0 Å². The molecule has 0 radical (unpaired) electrons. The highest BCUT2D eigenvalue weighted by Gasteiger charge is 2.35. The molecule has 2 aromatic rings. The molecule has 1 aliphatic rings. The number of rotatable bonds is 7. The third-order valence-electron chi connectivity index (χ3n) is 4.52. The average molecular weight is 404 g/mol. The molecule has 2 aromatic carbocycles. The second kappa shape index (κ2) is 9.19. The highest BCUT2D eigenvalue weighted by atomic mass is 32.2. The summed E-state index contributed by atoms with van der Waals surface area (Å²) in [7, 11) is 0. The molecule has 1 atom stereocenters. The summed E-state index contributed by atoms with van der Waals surface area (Å²) in [5.41, 5.74) is 1.55. The molecule has 0 bridgehead atoms. The van der Waals surface area contributed by atoms with Gasteiger partial charge < -0.3 is 5.32 Å². The van der Waals surface area contributed by atoms with Crippen molar-refractivity contribution in [2.75, 3.05) is 16.0 Å². The Hall–Kier alpha value is -2.41. The fraction of sp³-hybridized carbons (Fsp3) is 0.333. The molecule has 1 heterocycles. The maximum absolute atomic E-state index is 14.2. The Labute approximate surface area is 167 Å². The van der Waals surface area contributed by atoms with Crippen LogP contribution < -0.4 is 10.2 Å². The van der Waals surface area contributed by atoms with Crippen molar-refractivity contribution in [3.8, 4) is 0 Å². The zero-order valence-electron chi connectivity index (χ0n) is 15.6. The molecule has 0 saturated carbocycles. The summed E-state index contributed by atoms with van der Waals surface area (Å²) in [6.07, 6.45) is 3.43. The summed E-state index contributed by atoms with van der Waals surface area (Å²) in [5.74, 6) is -1.49. The first-order valence-electron chi connectivity index (χ1n) is 9.28. The van der Waals surface area contributed by atoms with Gasteiger partial charge in [0.2, 0.25) is 11.8 Å². The van der Waals surface area contributed by atoms with E-state index in [1.807, 2.05) is 12.1 Å². The van der Waals surface area contributed by atoms with Crippen LogP contribution >= 0.6 is 11.8 Å². The predicted octanol–water partition coefficient (Wildman–Crippen LogP) is 5.26. The van der Waals surface area contributed by atoms with Crippen LogP contribution in [0.5, 0.6) is 0 Å². The number of hydrogen-bond donors (Lipinski definition) is 1. The average Bonchev–Trinajstić information content (AvgIpc) is 3.04. The molecule has 1 saturated heterocycles. The van der Waals surface area contributed by atoms with Crippen LogP contribution in [-0.4, -0.2) is 17.6 Å². The van der Waals surface area contributed by atoms with Gasteiger partial charge in [0.25, 0.3) is 0 Å². The van der Waals surface area contributed by atoms with Gasteiger partial charge in [0.05, 0.1) is 11.4 Å². The lowest BCUT2D eigenvalue weighted by Crippen LogP contribution is -2.28. The first-order chi connectivity index (χ1) is 13.5. The number of halogens is 2. The lowest BCUT2D eigenvalue weighted by atomic mass is 10.1. The zero-order valence-corrected chi connectivity index (χ0v) is 16.4. The highest BCUT2D eigenvalue weighted by Crippen LogP contribution is 2.42. The SMILES string of the molecule is CCCCCC(=O)Nc1ccc([C@@H]2SCC(=O)N2c2ccc(F)cc2F)cc1. The Kier molecular flexibility index (Phi) is 6.67. The third kappa shape index (κ3) is 4.70. The number of nitrogens with one attached hydrogen (secondary N) is 1. The maximum Gasteiger partial charge on any atom is 0.238 e. The molecule has 0 aromatic heterocycles. The van der Waals surface area contributed by atoms with Crippen LogP contribution in [0.4, 0.5) is 20.2 Å².